The second kappa shape index (κ2) is 19.3. The highest BCUT2D eigenvalue weighted by atomic mass is 16.5. The van der Waals surface area contributed by atoms with E-state index >= 15 is 0 Å². The average molecular weight is 635 g/mol. The SMILES string of the molecule is CCCOc1ccc(C(=O)Oc2ccc(C=NCCCCCN=Cc3ccc(OC(=O)c4ccc(OCCC)cc4)cc3)cc2)cc1. The summed E-state index contributed by atoms with van der Waals surface area (Å²) in [5, 5.41) is 0. The minimum absolute atomic E-state index is 0.412. The van der Waals surface area contributed by atoms with E-state index in [1.165, 1.54) is 0 Å². The van der Waals surface area contributed by atoms with Crippen molar-refractivity contribution in [3.8, 4) is 23.0 Å². The van der Waals surface area contributed by atoms with E-state index in [2.05, 4.69) is 9.98 Å². The molecule has 0 aliphatic rings. The number of benzene rings is 4. The van der Waals surface area contributed by atoms with Gasteiger partial charge in [0.15, 0.2) is 0 Å². The second-order valence-electron chi connectivity index (χ2n) is 10.8. The van der Waals surface area contributed by atoms with Crippen LogP contribution in [0.15, 0.2) is 107 Å². The van der Waals surface area contributed by atoms with Gasteiger partial charge in [0.05, 0.1) is 24.3 Å². The molecular formula is C39H42N2O6. The van der Waals surface area contributed by atoms with Crippen molar-refractivity contribution in [2.75, 3.05) is 26.3 Å². The standard InChI is InChI=1S/C39H42N2O6/c1-3-26-44-34-20-12-32(13-21-34)38(42)46-36-16-8-30(9-17-36)28-40-24-6-5-7-25-41-29-31-10-18-37(19-11-31)47-39(43)33-14-22-35(23-15-33)45-27-4-2/h8-23,28-29H,3-7,24-27H2,1-2H3. The van der Waals surface area contributed by atoms with Crippen LogP contribution >= 0.6 is 0 Å². The number of carbonyl (C=O) groups excluding carboxylic acids is 2. The number of unbranched alkanes of at least 4 members (excludes halogenated alkanes) is 2. The van der Waals surface area contributed by atoms with Crippen LogP contribution in [-0.4, -0.2) is 50.7 Å². The Kier molecular flexibility index (Phi) is 14.2. The van der Waals surface area contributed by atoms with Gasteiger partial charge in [0.25, 0.3) is 0 Å². The Hall–Kier alpha value is -5.24. The van der Waals surface area contributed by atoms with Crippen LogP contribution in [0.25, 0.3) is 0 Å². The summed E-state index contributed by atoms with van der Waals surface area (Å²) in [5.74, 6) is 1.61. The number of hydrogen-bond donors (Lipinski definition) is 0. The van der Waals surface area contributed by atoms with E-state index in [1.807, 2.05) is 50.5 Å². The Morgan fingerprint density at radius 1 is 0.511 bits per heavy atom. The van der Waals surface area contributed by atoms with Gasteiger partial charge in [-0.3, -0.25) is 9.98 Å². The predicted molar refractivity (Wildman–Crippen MR) is 186 cm³/mol. The molecule has 0 spiro atoms. The third kappa shape index (κ3) is 12.2. The van der Waals surface area contributed by atoms with Gasteiger partial charge in [-0.2, -0.15) is 0 Å². The van der Waals surface area contributed by atoms with Crippen LogP contribution in [0, 0.1) is 0 Å². The molecule has 4 aromatic carbocycles. The molecule has 4 rings (SSSR count). The fraction of sp³-hybridized carbons (Fsp3) is 0.282. The van der Waals surface area contributed by atoms with Gasteiger partial charge in [-0.1, -0.05) is 13.8 Å². The van der Waals surface area contributed by atoms with Crippen LogP contribution in [0.2, 0.25) is 0 Å². The van der Waals surface area contributed by atoms with E-state index in [1.54, 1.807) is 72.8 Å². The molecule has 0 saturated carbocycles. The van der Waals surface area contributed by atoms with E-state index in [-0.39, 0.29) is 0 Å². The van der Waals surface area contributed by atoms with Crippen LogP contribution in [0.4, 0.5) is 0 Å². The van der Waals surface area contributed by atoms with Crippen LogP contribution in [-0.2, 0) is 0 Å². The topological polar surface area (TPSA) is 95.8 Å². The molecule has 0 aliphatic carbocycles. The van der Waals surface area contributed by atoms with Crippen molar-refractivity contribution in [1.29, 1.82) is 0 Å². The van der Waals surface area contributed by atoms with Gasteiger partial charge < -0.3 is 18.9 Å². The smallest absolute Gasteiger partial charge is 0.343 e. The summed E-state index contributed by atoms with van der Waals surface area (Å²) in [6, 6.07) is 28.5. The van der Waals surface area contributed by atoms with E-state index < -0.39 is 11.9 Å². The summed E-state index contributed by atoms with van der Waals surface area (Å²) in [7, 11) is 0. The molecule has 0 unspecified atom stereocenters. The molecule has 0 amide bonds. The molecular weight excluding hydrogens is 592 g/mol. The number of ether oxygens (including phenoxy) is 4. The highest BCUT2D eigenvalue weighted by molar-refractivity contribution is 5.92. The molecule has 0 saturated heterocycles. The number of esters is 2. The third-order valence-corrected chi connectivity index (χ3v) is 6.86. The number of rotatable bonds is 18. The molecule has 0 aromatic heterocycles. The van der Waals surface area contributed by atoms with Gasteiger partial charge in [0.2, 0.25) is 0 Å². The van der Waals surface area contributed by atoms with Crippen LogP contribution in [0.5, 0.6) is 23.0 Å². The zero-order chi connectivity index (χ0) is 33.1. The number of nitrogens with zero attached hydrogens (tertiary/aromatic N) is 2. The minimum Gasteiger partial charge on any atom is -0.494 e. The normalized spacial score (nSPS) is 11.1. The van der Waals surface area contributed by atoms with Crippen molar-refractivity contribution in [3.05, 3.63) is 119 Å². The molecule has 0 fully saturated rings. The maximum absolute atomic E-state index is 12.4. The third-order valence-electron chi connectivity index (χ3n) is 6.86. The molecule has 244 valence electrons. The Bertz CT molecular complexity index is 1460. The lowest BCUT2D eigenvalue weighted by molar-refractivity contribution is 0.0725. The molecule has 0 bridgehead atoms. The Balaban J connectivity index is 1.08. The number of aliphatic imine (C=N–C) groups is 2. The fourth-order valence-electron chi connectivity index (χ4n) is 4.31. The quantitative estimate of drug-likeness (QED) is 0.0472. The summed E-state index contributed by atoms with van der Waals surface area (Å²) in [6.45, 7) is 6.83. The number of hydrogen-bond acceptors (Lipinski definition) is 8. The molecule has 0 aliphatic heterocycles. The maximum Gasteiger partial charge on any atom is 0.343 e. The van der Waals surface area contributed by atoms with Gasteiger partial charge in [0, 0.05) is 25.5 Å². The van der Waals surface area contributed by atoms with Crippen molar-refractivity contribution in [1.82, 2.24) is 0 Å². The first-order valence-corrected chi connectivity index (χ1v) is 16.1. The van der Waals surface area contributed by atoms with Gasteiger partial charge in [-0.05, 0) is 140 Å². The summed E-state index contributed by atoms with van der Waals surface area (Å²) in [4.78, 5) is 33.9. The zero-order valence-corrected chi connectivity index (χ0v) is 27.1. The lowest BCUT2D eigenvalue weighted by Crippen LogP contribution is -2.08. The maximum atomic E-state index is 12.4. The van der Waals surface area contributed by atoms with Gasteiger partial charge in [-0.15, -0.1) is 0 Å². The molecule has 4 aromatic rings. The van der Waals surface area contributed by atoms with Gasteiger partial charge in [0.1, 0.15) is 23.0 Å². The van der Waals surface area contributed by atoms with Crippen molar-refractivity contribution in [2.45, 2.75) is 46.0 Å². The first kappa shape index (κ1) is 34.6. The summed E-state index contributed by atoms with van der Waals surface area (Å²) in [6.07, 6.45) is 8.48. The van der Waals surface area contributed by atoms with Crippen LogP contribution in [0.3, 0.4) is 0 Å². The van der Waals surface area contributed by atoms with E-state index in [0.717, 1.165) is 67.8 Å². The van der Waals surface area contributed by atoms with E-state index in [0.29, 0.717) is 35.8 Å². The summed E-state index contributed by atoms with van der Waals surface area (Å²) in [5.41, 5.74) is 2.82. The first-order chi connectivity index (χ1) is 23.0. The molecule has 8 heteroatoms. The summed E-state index contributed by atoms with van der Waals surface area (Å²) < 4.78 is 22.1. The lowest BCUT2D eigenvalue weighted by Gasteiger charge is -2.07. The zero-order valence-electron chi connectivity index (χ0n) is 27.1. The van der Waals surface area contributed by atoms with Crippen molar-refractivity contribution >= 4 is 24.4 Å². The van der Waals surface area contributed by atoms with Crippen molar-refractivity contribution in [3.63, 3.8) is 0 Å². The van der Waals surface area contributed by atoms with E-state index in [4.69, 9.17) is 18.9 Å². The lowest BCUT2D eigenvalue weighted by atomic mass is 10.2. The Labute approximate surface area is 277 Å². The van der Waals surface area contributed by atoms with Gasteiger partial charge in [-0.25, -0.2) is 9.59 Å². The summed E-state index contributed by atoms with van der Waals surface area (Å²) >= 11 is 0. The van der Waals surface area contributed by atoms with Gasteiger partial charge >= 0.3 is 11.9 Å². The van der Waals surface area contributed by atoms with Crippen molar-refractivity contribution < 1.29 is 28.5 Å². The molecule has 0 heterocycles. The highest BCUT2D eigenvalue weighted by Gasteiger charge is 2.10. The van der Waals surface area contributed by atoms with E-state index in [9.17, 15) is 9.59 Å². The Morgan fingerprint density at radius 3 is 1.23 bits per heavy atom. The first-order valence-electron chi connectivity index (χ1n) is 16.1. The van der Waals surface area contributed by atoms with Crippen LogP contribution in [0.1, 0.15) is 77.8 Å². The molecule has 47 heavy (non-hydrogen) atoms. The molecule has 0 radical (unpaired) electrons. The number of carbonyl (C=O) groups is 2. The minimum atomic E-state index is -0.412. The molecule has 0 atom stereocenters. The Morgan fingerprint density at radius 2 is 0.872 bits per heavy atom. The van der Waals surface area contributed by atoms with Crippen LogP contribution < -0.4 is 18.9 Å². The van der Waals surface area contributed by atoms with Crippen molar-refractivity contribution in [2.24, 2.45) is 9.98 Å². The highest BCUT2D eigenvalue weighted by Crippen LogP contribution is 2.18. The fourth-order valence-corrected chi connectivity index (χ4v) is 4.31. The predicted octanol–water partition coefficient (Wildman–Crippen LogP) is 8.41. The molecule has 0 N–H and O–H groups in total. The largest absolute Gasteiger partial charge is 0.494 e. The molecule has 8 nitrogen and oxygen atoms in total. The monoisotopic (exact) mass is 634 g/mol. The second-order valence-corrected chi connectivity index (χ2v) is 10.8. The average Bonchev–Trinajstić information content (AvgIpc) is 3.11.